The predicted molar refractivity (Wildman–Crippen MR) is 160 cm³/mol. The quantitative estimate of drug-likeness (QED) is 0.264. The third-order valence-electron chi connectivity index (χ3n) is 7.85. The standard InChI is InChI=1S/C31H38IN3O3/c1-6-34-27-10-9-22-16-24(27)25(28(34)32)17-31(4,5)18-38-30(37)26-8-7-11-35(33-26)29(36)20(3)14-21-12-19(2)13-23(22)15-21/h9-10,12-13,15-16,20,26,33H,6-8,11,14,17-18H2,1-5H3/t20-,26-/m0/s1. The van der Waals surface area contributed by atoms with Gasteiger partial charge in [-0.1, -0.05) is 50.6 Å². The van der Waals surface area contributed by atoms with Gasteiger partial charge in [-0.15, -0.1) is 0 Å². The van der Waals surface area contributed by atoms with Crippen molar-refractivity contribution in [3.8, 4) is 11.1 Å². The lowest BCUT2D eigenvalue weighted by molar-refractivity contribution is -0.155. The van der Waals surface area contributed by atoms with Crippen LogP contribution in [0.5, 0.6) is 0 Å². The Bertz CT molecular complexity index is 1390. The highest BCUT2D eigenvalue weighted by molar-refractivity contribution is 14.1. The number of nitrogens with zero attached hydrogens (tertiary/aromatic N) is 2. The van der Waals surface area contributed by atoms with Crippen molar-refractivity contribution in [3.63, 3.8) is 0 Å². The van der Waals surface area contributed by atoms with Gasteiger partial charge in [0.2, 0.25) is 5.91 Å². The minimum Gasteiger partial charge on any atom is -0.464 e. The van der Waals surface area contributed by atoms with Crippen LogP contribution in [-0.4, -0.2) is 40.6 Å². The number of aryl methyl sites for hydroxylation is 2. The van der Waals surface area contributed by atoms with E-state index >= 15 is 0 Å². The molecular weight excluding hydrogens is 589 g/mol. The number of carbonyl (C=O) groups is 2. The normalized spacial score (nSPS) is 22.3. The number of aromatic nitrogens is 1. The minimum atomic E-state index is -0.496. The maximum Gasteiger partial charge on any atom is 0.324 e. The van der Waals surface area contributed by atoms with E-state index in [4.69, 9.17) is 4.74 Å². The van der Waals surface area contributed by atoms with Crippen molar-refractivity contribution in [2.45, 2.75) is 72.9 Å². The summed E-state index contributed by atoms with van der Waals surface area (Å²) in [7, 11) is 0. The molecule has 6 nitrogen and oxygen atoms in total. The molecule has 2 aromatic carbocycles. The Morgan fingerprint density at radius 1 is 1.13 bits per heavy atom. The number of cyclic esters (lactones) is 1. The molecule has 1 aromatic heterocycles. The zero-order valence-electron chi connectivity index (χ0n) is 23.1. The lowest BCUT2D eigenvalue weighted by Gasteiger charge is -2.35. The molecule has 2 aliphatic rings. The van der Waals surface area contributed by atoms with Crippen LogP contribution in [0.2, 0.25) is 0 Å². The molecule has 0 aliphatic carbocycles. The van der Waals surface area contributed by atoms with Crippen LogP contribution in [0.4, 0.5) is 0 Å². The first-order chi connectivity index (χ1) is 18.1. The maximum atomic E-state index is 13.4. The van der Waals surface area contributed by atoms with Crippen LogP contribution in [0.25, 0.3) is 22.0 Å². The summed E-state index contributed by atoms with van der Waals surface area (Å²) in [5.74, 6) is -0.465. The van der Waals surface area contributed by atoms with Gasteiger partial charge in [-0.2, -0.15) is 0 Å². The van der Waals surface area contributed by atoms with Crippen LogP contribution >= 0.6 is 22.6 Å². The van der Waals surface area contributed by atoms with Crippen LogP contribution in [0.15, 0.2) is 36.4 Å². The summed E-state index contributed by atoms with van der Waals surface area (Å²) in [5, 5.41) is 2.90. The molecule has 1 amide bonds. The molecule has 2 atom stereocenters. The summed E-state index contributed by atoms with van der Waals surface area (Å²) in [4.78, 5) is 26.4. The van der Waals surface area contributed by atoms with Crippen molar-refractivity contribution < 1.29 is 14.3 Å². The van der Waals surface area contributed by atoms with E-state index in [2.05, 4.69) is 96.7 Å². The average molecular weight is 628 g/mol. The fraction of sp³-hybridized carbons (Fsp3) is 0.484. The van der Waals surface area contributed by atoms with E-state index in [1.165, 1.54) is 36.9 Å². The molecule has 0 radical (unpaired) electrons. The van der Waals surface area contributed by atoms with Crippen LogP contribution in [-0.2, 0) is 33.7 Å². The van der Waals surface area contributed by atoms with Crippen molar-refractivity contribution in [1.29, 1.82) is 0 Å². The van der Waals surface area contributed by atoms with Gasteiger partial charge in [0.15, 0.2) is 0 Å². The Labute approximate surface area is 239 Å². The number of benzene rings is 2. The first kappa shape index (κ1) is 27.2. The molecule has 0 spiro atoms. The van der Waals surface area contributed by atoms with Gasteiger partial charge < -0.3 is 9.30 Å². The van der Waals surface area contributed by atoms with Gasteiger partial charge >= 0.3 is 5.97 Å². The third-order valence-corrected chi connectivity index (χ3v) is 9.08. The van der Waals surface area contributed by atoms with Crippen LogP contribution in [0.3, 0.4) is 0 Å². The summed E-state index contributed by atoms with van der Waals surface area (Å²) < 4.78 is 9.49. The molecule has 3 heterocycles. The number of hydrogen-bond acceptors (Lipinski definition) is 4. The van der Waals surface area contributed by atoms with Gasteiger partial charge in [-0.05, 0) is 96.5 Å². The molecule has 6 bridgehead atoms. The van der Waals surface area contributed by atoms with Gasteiger partial charge in [-0.25, -0.2) is 5.43 Å². The molecule has 202 valence electrons. The number of hydrazine groups is 1. The number of rotatable bonds is 1. The van der Waals surface area contributed by atoms with Crippen molar-refractivity contribution in [3.05, 3.63) is 56.8 Å². The molecule has 0 unspecified atom stereocenters. The molecule has 1 N–H and O–H groups in total. The second-order valence-electron chi connectivity index (χ2n) is 11.8. The fourth-order valence-corrected chi connectivity index (χ4v) is 7.00. The van der Waals surface area contributed by atoms with E-state index in [-0.39, 0.29) is 23.2 Å². The Morgan fingerprint density at radius 3 is 2.68 bits per heavy atom. The van der Waals surface area contributed by atoms with Gasteiger partial charge in [-0.3, -0.25) is 14.6 Å². The minimum absolute atomic E-state index is 0.0218. The topological polar surface area (TPSA) is 63.6 Å². The SMILES string of the molecule is CCn1c(I)c2c3cc(ccc31)-c1cc(C)cc(c1)C[C@H](C)C(=O)N1CCC[C@H](N1)C(=O)OCC(C)(C)C2. The van der Waals surface area contributed by atoms with E-state index in [0.29, 0.717) is 26.0 Å². The number of hydrogen-bond donors (Lipinski definition) is 1. The summed E-state index contributed by atoms with van der Waals surface area (Å²) >= 11 is 2.48. The summed E-state index contributed by atoms with van der Waals surface area (Å²) in [6.45, 7) is 12.4. The number of halogens is 1. The van der Waals surface area contributed by atoms with Crippen LogP contribution in [0, 0.1) is 22.0 Å². The second kappa shape index (κ2) is 10.6. The number of fused-ring (bicyclic) bond motifs is 6. The molecular formula is C31H38IN3O3. The summed E-state index contributed by atoms with van der Waals surface area (Å²) in [5.41, 5.74) is 10.2. The van der Waals surface area contributed by atoms with Crippen LogP contribution < -0.4 is 5.43 Å². The zero-order chi connectivity index (χ0) is 27.2. The van der Waals surface area contributed by atoms with E-state index in [1.807, 2.05) is 6.92 Å². The molecule has 1 saturated heterocycles. The van der Waals surface area contributed by atoms with E-state index in [1.54, 1.807) is 5.01 Å². The van der Waals surface area contributed by atoms with Crippen molar-refractivity contribution >= 4 is 45.4 Å². The first-order valence-electron chi connectivity index (χ1n) is 13.7. The average Bonchev–Trinajstić information content (AvgIpc) is 3.15. The summed E-state index contributed by atoms with van der Waals surface area (Å²) in [6, 6.07) is 12.9. The van der Waals surface area contributed by atoms with E-state index in [0.717, 1.165) is 24.9 Å². The third kappa shape index (κ3) is 5.37. The highest BCUT2D eigenvalue weighted by Crippen LogP contribution is 2.36. The number of amides is 1. The Morgan fingerprint density at radius 2 is 1.92 bits per heavy atom. The van der Waals surface area contributed by atoms with E-state index in [9.17, 15) is 9.59 Å². The molecule has 1 fully saturated rings. The lowest BCUT2D eigenvalue weighted by Crippen LogP contribution is -2.56. The highest BCUT2D eigenvalue weighted by Gasteiger charge is 2.33. The van der Waals surface area contributed by atoms with Gasteiger partial charge in [0.05, 0.1) is 10.3 Å². The number of ether oxygens (including phenoxy) is 1. The molecule has 3 aromatic rings. The van der Waals surface area contributed by atoms with Gasteiger partial charge in [0.25, 0.3) is 0 Å². The second-order valence-corrected chi connectivity index (χ2v) is 12.8. The summed E-state index contributed by atoms with van der Waals surface area (Å²) in [6.07, 6.45) is 2.89. The molecule has 2 aliphatic heterocycles. The Hall–Kier alpha value is -2.39. The lowest BCUT2D eigenvalue weighted by atomic mass is 9.86. The van der Waals surface area contributed by atoms with Crippen molar-refractivity contribution in [2.75, 3.05) is 13.2 Å². The first-order valence-corrected chi connectivity index (χ1v) is 14.8. The Balaban J connectivity index is 1.63. The maximum absolute atomic E-state index is 13.4. The predicted octanol–water partition coefficient (Wildman–Crippen LogP) is 6.04. The smallest absolute Gasteiger partial charge is 0.324 e. The number of carbonyl (C=O) groups excluding carboxylic acids is 2. The monoisotopic (exact) mass is 627 g/mol. The number of esters is 1. The van der Waals surface area contributed by atoms with Crippen molar-refractivity contribution in [1.82, 2.24) is 15.0 Å². The zero-order valence-corrected chi connectivity index (χ0v) is 25.2. The fourth-order valence-electron chi connectivity index (χ4n) is 5.92. The molecule has 5 rings (SSSR count). The molecule has 0 saturated carbocycles. The largest absolute Gasteiger partial charge is 0.464 e. The van der Waals surface area contributed by atoms with Gasteiger partial charge in [0.1, 0.15) is 6.04 Å². The number of nitrogens with one attached hydrogen (secondary N) is 1. The van der Waals surface area contributed by atoms with Crippen LogP contribution in [0.1, 0.15) is 57.2 Å². The molecule has 7 heteroatoms. The Kier molecular flexibility index (Phi) is 7.61. The van der Waals surface area contributed by atoms with Crippen molar-refractivity contribution in [2.24, 2.45) is 11.3 Å². The molecule has 38 heavy (non-hydrogen) atoms. The highest BCUT2D eigenvalue weighted by atomic mass is 127. The van der Waals surface area contributed by atoms with Gasteiger partial charge in [0, 0.05) is 35.3 Å². The van der Waals surface area contributed by atoms with E-state index < -0.39 is 6.04 Å².